The van der Waals surface area contributed by atoms with Crippen molar-refractivity contribution in [3.05, 3.63) is 21.3 Å². The zero-order valence-corrected chi connectivity index (χ0v) is 14.9. The fraction of sp³-hybridized carbons (Fsp3) is 0.667. The lowest BCUT2D eigenvalue weighted by atomic mass is 10.2. The van der Waals surface area contributed by atoms with E-state index in [0.717, 1.165) is 17.3 Å². The molecule has 0 bridgehead atoms. The van der Waals surface area contributed by atoms with Crippen molar-refractivity contribution < 1.29 is 9.53 Å². The van der Waals surface area contributed by atoms with Crippen LogP contribution in [0.3, 0.4) is 0 Å². The van der Waals surface area contributed by atoms with Gasteiger partial charge in [-0.1, -0.05) is 11.6 Å². The summed E-state index contributed by atoms with van der Waals surface area (Å²) in [5.74, 6) is 0. The van der Waals surface area contributed by atoms with Crippen molar-refractivity contribution in [2.45, 2.75) is 58.7 Å². The summed E-state index contributed by atoms with van der Waals surface area (Å²) in [6.45, 7) is 10.5. The number of carbonyl (C=O) groups excluding carboxylic acids is 1. The number of amides is 1. The van der Waals surface area contributed by atoms with E-state index in [1.807, 2.05) is 39.8 Å². The van der Waals surface area contributed by atoms with E-state index in [0.29, 0.717) is 0 Å². The second-order valence-corrected chi connectivity index (χ2v) is 7.90. The first kappa shape index (κ1) is 18.3. The summed E-state index contributed by atoms with van der Waals surface area (Å²) in [5, 5.41) is 6.26. The van der Waals surface area contributed by atoms with E-state index in [1.165, 1.54) is 4.88 Å². The zero-order chi connectivity index (χ0) is 16.0. The third kappa shape index (κ3) is 7.69. The quantitative estimate of drug-likeness (QED) is 0.814. The average molecular weight is 333 g/mol. The molecule has 1 amide bonds. The highest BCUT2D eigenvalue weighted by atomic mass is 35.5. The molecule has 0 aliphatic heterocycles. The molecule has 0 saturated carbocycles. The van der Waals surface area contributed by atoms with Crippen LogP contribution in [-0.2, 0) is 4.74 Å². The minimum atomic E-state index is -0.463. The van der Waals surface area contributed by atoms with Gasteiger partial charge in [-0.15, -0.1) is 11.3 Å². The summed E-state index contributed by atoms with van der Waals surface area (Å²) in [7, 11) is 0. The standard InChI is InChI=1S/C15H25ClN2O2S/c1-10(18-14(19)20-15(3,4)5)8-9-17-11(2)12-6-7-13(16)21-12/h6-7,10-11,17H,8-9H2,1-5H3,(H,18,19). The largest absolute Gasteiger partial charge is 0.444 e. The monoisotopic (exact) mass is 332 g/mol. The van der Waals surface area contributed by atoms with Crippen LogP contribution in [0.5, 0.6) is 0 Å². The fourth-order valence-corrected chi connectivity index (χ4v) is 2.85. The van der Waals surface area contributed by atoms with E-state index < -0.39 is 5.60 Å². The van der Waals surface area contributed by atoms with Gasteiger partial charge in [-0.25, -0.2) is 4.79 Å². The van der Waals surface area contributed by atoms with E-state index in [1.54, 1.807) is 11.3 Å². The first-order chi connectivity index (χ1) is 9.67. The second kappa shape index (κ2) is 8.01. The molecule has 0 radical (unpaired) electrons. The van der Waals surface area contributed by atoms with Crippen molar-refractivity contribution in [3.8, 4) is 0 Å². The van der Waals surface area contributed by atoms with Crippen LogP contribution in [0, 0.1) is 0 Å². The van der Waals surface area contributed by atoms with Crippen molar-refractivity contribution in [2.75, 3.05) is 6.54 Å². The molecule has 2 atom stereocenters. The summed E-state index contributed by atoms with van der Waals surface area (Å²) in [6.07, 6.45) is 0.468. The molecule has 4 nitrogen and oxygen atoms in total. The van der Waals surface area contributed by atoms with Gasteiger partial charge in [0.1, 0.15) is 5.60 Å². The number of thiophene rings is 1. The van der Waals surface area contributed by atoms with Crippen molar-refractivity contribution in [1.82, 2.24) is 10.6 Å². The van der Waals surface area contributed by atoms with Crippen LogP contribution in [0.2, 0.25) is 4.34 Å². The van der Waals surface area contributed by atoms with Crippen LogP contribution >= 0.6 is 22.9 Å². The predicted octanol–water partition coefficient (Wildman–Crippen LogP) is 4.36. The van der Waals surface area contributed by atoms with Crippen LogP contribution < -0.4 is 10.6 Å². The number of hydrogen-bond donors (Lipinski definition) is 2. The van der Waals surface area contributed by atoms with Crippen LogP contribution in [0.1, 0.15) is 52.0 Å². The molecule has 120 valence electrons. The van der Waals surface area contributed by atoms with Gasteiger partial charge in [0, 0.05) is 17.0 Å². The van der Waals surface area contributed by atoms with Crippen molar-refractivity contribution in [2.24, 2.45) is 0 Å². The van der Waals surface area contributed by atoms with Crippen LogP contribution in [0.4, 0.5) is 4.79 Å². The van der Waals surface area contributed by atoms with Gasteiger partial charge >= 0.3 is 6.09 Å². The zero-order valence-electron chi connectivity index (χ0n) is 13.3. The Kier molecular flexibility index (Phi) is 6.97. The fourth-order valence-electron chi connectivity index (χ4n) is 1.76. The van der Waals surface area contributed by atoms with Gasteiger partial charge in [-0.3, -0.25) is 0 Å². The normalized spacial score (nSPS) is 14.6. The summed E-state index contributed by atoms with van der Waals surface area (Å²) in [4.78, 5) is 12.8. The molecular weight excluding hydrogens is 308 g/mol. The third-order valence-electron chi connectivity index (χ3n) is 2.81. The van der Waals surface area contributed by atoms with Gasteiger partial charge in [0.25, 0.3) is 0 Å². The Balaban J connectivity index is 2.24. The van der Waals surface area contributed by atoms with E-state index in [-0.39, 0.29) is 18.2 Å². The van der Waals surface area contributed by atoms with Crippen molar-refractivity contribution in [3.63, 3.8) is 0 Å². The number of ether oxygens (including phenoxy) is 1. The van der Waals surface area contributed by atoms with Gasteiger partial charge in [-0.05, 0) is 59.7 Å². The summed E-state index contributed by atoms with van der Waals surface area (Å²) in [6, 6.07) is 4.27. The maximum absolute atomic E-state index is 11.6. The highest BCUT2D eigenvalue weighted by molar-refractivity contribution is 7.16. The Morgan fingerprint density at radius 1 is 1.38 bits per heavy atom. The number of rotatable bonds is 6. The molecule has 0 aromatic carbocycles. The number of halogens is 1. The lowest BCUT2D eigenvalue weighted by Gasteiger charge is -2.22. The van der Waals surface area contributed by atoms with E-state index in [2.05, 4.69) is 17.6 Å². The molecular formula is C15H25ClN2O2S. The molecule has 0 aliphatic carbocycles. The lowest BCUT2D eigenvalue weighted by Crippen LogP contribution is -2.39. The minimum absolute atomic E-state index is 0.0615. The molecule has 0 aliphatic rings. The Morgan fingerprint density at radius 2 is 2.05 bits per heavy atom. The molecule has 2 N–H and O–H groups in total. The predicted molar refractivity (Wildman–Crippen MR) is 89.2 cm³/mol. The number of alkyl carbamates (subject to hydrolysis) is 1. The Labute approximate surface area is 136 Å². The van der Waals surface area contributed by atoms with Gasteiger partial charge in [0.05, 0.1) is 4.34 Å². The van der Waals surface area contributed by atoms with Gasteiger partial charge < -0.3 is 15.4 Å². The molecule has 21 heavy (non-hydrogen) atoms. The van der Waals surface area contributed by atoms with Crippen LogP contribution in [0.15, 0.2) is 12.1 Å². The molecule has 0 fully saturated rings. The molecule has 1 heterocycles. The van der Waals surface area contributed by atoms with E-state index >= 15 is 0 Å². The molecule has 1 aromatic heterocycles. The van der Waals surface area contributed by atoms with Gasteiger partial charge in [-0.2, -0.15) is 0 Å². The number of carbonyl (C=O) groups is 1. The molecule has 6 heteroatoms. The number of nitrogens with one attached hydrogen (secondary N) is 2. The smallest absolute Gasteiger partial charge is 0.407 e. The molecule has 2 unspecified atom stereocenters. The second-order valence-electron chi connectivity index (χ2n) is 6.15. The average Bonchev–Trinajstić information content (AvgIpc) is 2.72. The third-order valence-corrected chi connectivity index (χ3v) is 4.23. The molecule has 0 saturated heterocycles. The molecule has 1 rings (SSSR count). The summed E-state index contributed by atoms with van der Waals surface area (Å²) >= 11 is 7.51. The highest BCUT2D eigenvalue weighted by Gasteiger charge is 2.17. The maximum atomic E-state index is 11.6. The van der Waals surface area contributed by atoms with Crippen molar-refractivity contribution in [1.29, 1.82) is 0 Å². The van der Waals surface area contributed by atoms with Crippen LogP contribution in [0.25, 0.3) is 0 Å². The van der Waals surface area contributed by atoms with Crippen LogP contribution in [-0.4, -0.2) is 24.3 Å². The molecule has 1 aromatic rings. The maximum Gasteiger partial charge on any atom is 0.407 e. The Bertz CT molecular complexity index is 457. The summed E-state index contributed by atoms with van der Waals surface area (Å²) < 4.78 is 6.03. The van der Waals surface area contributed by atoms with E-state index in [9.17, 15) is 4.79 Å². The topological polar surface area (TPSA) is 50.4 Å². The first-order valence-corrected chi connectivity index (χ1v) is 8.35. The number of hydrogen-bond acceptors (Lipinski definition) is 4. The first-order valence-electron chi connectivity index (χ1n) is 7.15. The molecule has 0 spiro atoms. The van der Waals surface area contributed by atoms with Crippen molar-refractivity contribution >= 4 is 29.0 Å². The highest BCUT2D eigenvalue weighted by Crippen LogP contribution is 2.26. The Hall–Kier alpha value is -0.780. The lowest BCUT2D eigenvalue weighted by molar-refractivity contribution is 0.0506. The SMILES string of the molecule is CC(CCNC(C)c1ccc(Cl)s1)NC(=O)OC(C)(C)C. The van der Waals surface area contributed by atoms with Gasteiger partial charge in [0.2, 0.25) is 0 Å². The van der Waals surface area contributed by atoms with E-state index in [4.69, 9.17) is 16.3 Å². The summed E-state index contributed by atoms with van der Waals surface area (Å²) in [5.41, 5.74) is -0.463. The Morgan fingerprint density at radius 3 is 2.57 bits per heavy atom. The minimum Gasteiger partial charge on any atom is -0.444 e. The van der Waals surface area contributed by atoms with Gasteiger partial charge in [0.15, 0.2) is 0 Å².